The Morgan fingerprint density at radius 3 is 2.29 bits per heavy atom. The average molecular weight is 322 g/mol. The lowest BCUT2D eigenvalue weighted by Crippen LogP contribution is -2.38. The summed E-state index contributed by atoms with van der Waals surface area (Å²) in [5.74, 6) is 0. The Kier molecular flexibility index (Phi) is 4.91. The highest BCUT2D eigenvalue weighted by molar-refractivity contribution is 5.62. The third-order valence-corrected chi connectivity index (χ3v) is 4.67. The predicted octanol–water partition coefficient (Wildman–Crippen LogP) is 3.77. The highest BCUT2D eigenvalue weighted by Gasteiger charge is 2.23. The van der Waals surface area contributed by atoms with Gasteiger partial charge < -0.3 is 14.9 Å². The number of hydrogen-bond donors (Lipinski definition) is 1. The van der Waals surface area contributed by atoms with Crippen LogP contribution in [0.15, 0.2) is 54.9 Å². The minimum Gasteiger partial charge on any atom is -0.394 e. The first-order valence-corrected chi connectivity index (χ1v) is 8.52. The van der Waals surface area contributed by atoms with Gasteiger partial charge >= 0.3 is 0 Å². The van der Waals surface area contributed by atoms with E-state index in [4.69, 9.17) is 0 Å². The molecule has 0 radical (unpaired) electrons. The average Bonchev–Trinajstić information content (AvgIpc) is 3.02. The minimum absolute atomic E-state index is 0.0970. The zero-order valence-corrected chi connectivity index (χ0v) is 14.7. The molecule has 0 amide bonds. The van der Waals surface area contributed by atoms with Gasteiger partial charge in [0.15, 0.2) is 0 Å². The second-order valence-corrected chi connectivity index (χ2v) is 6.70. The van der Waals surface area contributed by atoms with E-state index < -0.39 is 0 Å². The lowest BCUT2D eigenvalue weighted by Gasteiger charge is -2.29. The standard InChI is InChI=1S/C21H26N2O/c1-16-11-17(2)21(18(3)12-16)23-10-9-22(15-23)20(14-24)13-19-7-5-4-6-8-19/h4-12,20,24H,13-15H2,1-3H3/t20-/m0/s1. The Bertz CT molecular complexity index is 701. The van der Waals surface area contributed by atoms with Crippen molar-refractivity contribution in [1.29, 1.82) is 0 Å². The number of aryl methyl sites for hydroxylation is 3. The van der Waals surface area contributed by atoms with Gasteiger partial charge in [0, 0.05) is 18.1 Å². The summed E-state index contributed by atoms with van der Waals surface area (Å²) in [6, 6.07) is 14.9. The smallest absolute Gasteiger partial charge is 0.0946 e. The maximum Gasteiger partial charge on any atom is 0.0946 e. The Morgan fingerprint density at radius 1 is 1.00 bits per heavy atom. The summed E-state index contributed by atoms with van der Waals surface area (Å²) in [6.45, 7) is 7.40. The van der Waals surface area contributed by atoms with Crippen molar-refractivity contribution in [2.45, 2.75) is 33.2 Å². The highest BCUT2D eigenvalue weighted by Crippen LogP contribution is 2.29. The number of anilines is 1. The van der Waals surface area contributed by atoms with Crippen LogP contribution in [0.3, 0.4) is 0 Å². The van der Waals surface area contributed by atoms with Crippen molar-refractivity contribution >= 4 is 5.69 Å². The Morgan fingerprint density at radius 2 is 1.67 bits per heavy atom. The maximum atomic E-state index is 9.86. The normalized spacial score (nSPS) is 15.2. The zero-order valence-electron chi connectivity index (χ0n) is 14.7. The third-order valence-electron chi connectivity index (χ3n) is 4.67. The van der Waals surface area contributed by atoms with E-state index in [1.54, 1.807) is 0 Å². The molecule has 1 atom stereocenters. The molecule has 126 valence electrons. The fraction of sp³-hybridized carbons (Fsp3) is 0.333. The molecule has 0 spiro atoms. The van der Waals surface area contributed by atoms with Gasteiger partial charge in [0.25, 0.3) is 0 Å². The first kappa shape index (κ1) is 16.6. The van der Waals surface area contributed by atoms with Crippen molar-refractivity contribution in [1.82, 2.24) is 4.90 Å². The van der Waals surface area contributed by atoms with E-state index in [1.807, 2.05) is 6.07 Å². The van der Waals surface area contributed by atoms with Gasteiger partial charge in [-0.15, -0.1) is 0 Å². The number of aliphatic hydroxyl groups excluding tert-OH is 1. The molecule has 0 aliphatic carbocycles. The summed E-state index contributed by atoms with van der Waals surface area (Å²) < 4.78 is 0. The van der Waals surface area contributed by atoms with E-state index in [9.17, 15) is 5.11 Å². The van der Waals surface area contributed by atoms with Gasteiger partial charge in [0.1, 0.15) is 0 Å². The molecular formula is C21H26N2O. The SMILES string of the molecule is Cc1cc(C)c(N2C=CN([C@H](CO)Cc3ccccc3)C2)c(C)c1. The van der Waals surface area contributed by atoms with Gasteiger partial charge in [-0.1, -0.05) is 48.0 Å². The van der Waals surface area contributed by atoms with Crippen molar-refractivity contribution in [3.05, 3.63) is 77.1 Å². The van der Waals surface area contributed by atoms with Gasteiger partial charge in [-0.25, -0.2) is 0 Å². The van der Waals surface area contributed by atoms with Crippen LogP contribution in [0, 0.1) is 20.8 Å². The Labute approximate surface area is 144 Å². The van der Waals surface area contributed by atoms with Crippen molar-refractivity contribution in [3.63, 3.8) is 0 Å². The van der Waals surface area contributed by atoms with E-state index in [1.165, 1.54) is 27.9 Å². The van der Waals surface area contributed by atoms with Gasteiger partial charge in [0.05, 0.1) is 19.3 Å². The number of hydrogen-bond acceptors (Lipinski definition) is 3. The zero-order chi connectivity index (χ0) is 17.1. The lowest BCUT2D eigenvalue weighted by atomic mass is 10.0. The molecule has 2 aromatic rings. The highest BCUT2D eigenvalue weighted by atomic mass is 16.3. The summed E-state index contributed by atoms with van der Waals surface area (Å²) in [5.41, 5.74) is 6.41. The molecule has 0 saturated carbocycles. The van der Waals surface area contributed by atoms with Crippen LogP contribution in [0.25, 0.3) is 0 Å². The van der Waals surface area contributed by atoms with Gasteiger partial charge in [-0.3, -0.25) is 0 Å². The Hall–Kier alpha value is -2.26. The van der Waals surface area contributed by atoms with Gasteiger partial charge in [-0.05, 0) is 43.9 Å². The molecule has 3 nitrogen and oxygen atoms in total. The molecule has 0 fully saturated rings. The lowest BCUT2D eigenvalue weighted by molar-refractivity contribution is 0.171. The summed E-state index contributed by atoms with van der Waals surface area (Å²) in [5, 5.41) is 9.86. The van der Waals surface area contributed by atoms with Crippen LogP contribution in [0.1, 0.15) is 22.3 Å². The van der Waals surface area contributed by atoms with Gasteiger partial charge in [0.2, 0.25) is 0 Å². The van der Waals surface area contributed by atoms with Crippen LogP contribution < -0.4 is 4.90 Å². The summed E-state index contributed by atoms with van der Waals surface area (Å²) in [4.78, 5) is 4.50. The van der Waals surface area contributed by atoms with Crippen LogP contribution >= 0.6 is 0 Å². The second kappa shape index (κ2) is 7.10. The first-order chi connectivity index (χ1) is 11.6. The fourth-order valence-corrected chi connectivity index (χ4v) is 3.62. The number of aliphatic hydroxyl groups is 1. The molecule has 1 aliphatic heterocycles. The molecule has 0 bridgehead atoms. The van der Waals surface area contributed by atoms with E-state index in [0.717, 1.165) is 13.1 Å². The van der Waals surface area contributed by atoms with Crippen LogP contribution in [-0.2, 0) is 6.42 Å². The van der Waals surface area contributed by atoms with Crippen molar-refractivity contribution < 1.29 is 5.11 Å². The van der Waals surface area contributed by atoms with Crippen molar-refractivity contribution in [3.8, 4) is 0 Å². The van der Waals surface area contributed by atoms with Crippen LogP contribution in [0.4, 0.5) is 5.69 Å². The van der Waals surface area contributed by atoms with Gasteiger partial charge in [-0.2, -0.15) is 0 Å². The molecule has 1 N–H and O–H groups in total. The molecular weight excluding hydrogens is 296 g/mol. The van der Waals surface area contributed by atoms with E-state index >= 15 is 0 Å². The summed E-state index contributed by atoms with van der Waals surface area (Å²) >= 11 is 0. The predicted molar refractivity (Wildman–Crippen MR) is 100.0 cm³/mol. The maximum absolute atomic E-state index is 9.86. The van der Waals surface area contributed by atoms with Crippen LogP contribution in [-0.4, -0.2) is 29.3 Å². The quantitative estimate of drug-likeness (QED) is 0.908. The van der Waals surface area contributed by atoms with Crippen molar-refractivity contribution in [2.75, 3.05) is 18.2 Å². The monoisotopic (exact) mass is 322 g/mol. The third kappa shape index (κ3) is 3.46. The molecule has 24 heavy (non-hydrogen) atoms. The van der Waals surface area contributed by atoms with Crippen LogP contribution in [0.5, 0.6) is 0 Å². The molecule has 3 rings (SSSR count). The number of nitrogens with zero attached hydrogens (tertiary/aromatic N) is 2. The van der Waals surface area contributed by atoms with Crippen molar-refractivity contribution in [2.24, 2.45) is 0 Å². The minimum atomic E-state index is 0.0970. The molecule has 1 heterocycles. The van der Waals surface area contributed by atoms with E-state index in [0.29, 0.717) is 0 Å². The summed E-state index contributed by atoms with van der Waals surface area (Å²) in [6.07, 6.45) is 5.07. The number of benzene rings is 2. The fourth-order valence-electron chi connectivity index (χ4n) is 3.62. The Balaban J connectivity index is 1.74. The largest absolute Gasteiger partial charge is 0.394 e. The summed E-state index contributed by atoms with van der Waals surface area (Å²) in [7, 11) is 0. The number of rotatable bonds is 5. The molecule has 3 heteroatoms. The second-order valence-electron chi connectivity index (χ2n) is 6.70. The molecule has 0 saturated heterocycles. The molecule has 1 aliphatic rings. The molecule has 0 aromatic heterocycles. The van der Waals surface area contributed by atoms with E-state index in [-0.39, 0.29) is 12.6 Å². The van der Waals surface area contributed by atoms with Crippen LogP contribution in [0.2, 0.25) is 0 Å². The molecule has 2 aromatic carbocycles. The van der Waals surface area contributed by atoms with E-state index in [2.05, 4.69) is 79.4 Å². The molecule has 0 unspecified atom stereocenters. The topological polar surface area (TPSA) is 26.7 Å². The first-order valence-electron chi connectivity index (χ1n) is 8.52.